The van der Waals surface area contributed by atoms with E-state index < -0.39 is 29.4 Å². The molecule has 1 aliphatic heterocycles. The fourth-order valence-corrected chi connectivity index (χ4v) is 2.98. The highest BCUT2D eigenvalue weighted by Crippen LogP contribution is 2.31. The second-order valence-corrected chi connectivity index (χ2v) is 6.27. The Labute approximate surface area is 150 Å². The molecule has 2 unspecified atom stereocenters. The van der Waals surface area contributed by atoms with Crippen molar-refractivity contribution in [3.05, 3.63) is 65.5 Å². The van der Waals surface area contributed by atoms with Gasteiger partial charge >= 0.3 is 6.03 Å². The minimum Gasteiger partial charge on any atom is -0.497 e. The number of hydrogen-bond acceptors (Lipinski definition) is 4. The van der Waals surface area contributed by atoms with Gasteiger partial charge in [-0.15, -0.1) is 0 Å². The molecule has 7 heteroatoms. The maximum atomic E-state index is 13.3. The summed E-state index contributed by atoms with van der Waals surface area (Å²) in [6, 6.07) is 11.7. The third-order valence-electron chi connectivity index (χ3n) is 4.51. The molecule has 0 radical (unpaired) electrons. The zero-order chi connectivity index (χ0) is 18.9. The van der Waals surface area contributed by atoms with Crippen LogP contribution in [-0.2, 0) is 10.3 Å². The number of benzene rings is 2. The van der Waals surface area contributed by atoms with Crippen molar-refractivity contribution >= 4 is 11.9 Å². The number of nitrogens with zero attached hydrogens (tertiary/aromatic N) is 1. The summed E-state index contributed by atoms with van der Waals surface area (Å²) in [5.74, 6) is -0.435. The van der Waals surface area contributed by atoms with Gasteiger partial charge in [0.15, 0.2) is 0 Å². The monoisotopic (exact) mass is 358 g/mol. The van der Waals surface area contributed by atoms with Gasteiger partial charge in [0.05, 0.1) is 19.8 Å². The predicted molar refractivity (Wildman–Crippen MR) is 92.0 cm³/mol. The van der Waals surface area contributed by atoms with Crippen molar-refractivity contribution in [2.24, 2.45) is 0 Å². The van der Waals surface area contributed by atoms with Crippen molar-refractivity contribution < 1.29 is 23.8 Å². The van der Waals surface area contributed by atoms with Crippen LogP contribution in [0.2, 0.25) is 0 Å². The quantitative estimate of drug-likeness (QED) is 0.804. The lowest BCUT2D eigenvalue weighted by Crippen LogP contribution is -2.41. The van der Waals surface area contributed by atoms with Crippen LogP contribution < -0.4 is 10.1 Å². The van der Waals surface area contributed by atoms with Gasteiger partial charge in [-0.25, -0.2) is 9.18 Å². The molecule has 0 aliphatic carbocycles. The molecule has 0 saturated carbocycles. The number of nitrogens with one attached hydrogen (secondary N) is 1. The Kier molecular flexibility index (Phi) is 4.65. The summed E-state index contributed by atoms with van der Waals surface area (Å²) in [6.45, 7) is 1.32. The largest absolute Gasteiger partial charge is 0.497 e. The second kappa shape index (κ2) is 6.76. The summed E-state index contributed by atoms with van der Waals surface area (Å²) >= 11 is 0. The van der Waals surface area contributed by atoms with Gasteiger partial charge in [-0.3, -0.25) is 9.69 Å². The molecule has 1 aliphatic rings. The molecular formula is C19H19FN2O4. The van der Waals surface area contributed by atoms with E-state index in [-0.39, 0.29) is 6.54 Å². The number of methoxy groups -OCH3 is 1. The lowest BCUT2D eigenvalue weighted by Gasteiger charge is -2.23. The van der Waals surface area contributed by atoms with E-state index in [0.29, 0.717) is 16.9 Å². The SMILES string of the molecule is COc1cccc(C2(C)NC(=O)N(CC(O)c3cccc(F)c3)C2=O)c1. The third-order valence-corrected chi connectivity index (χ3v) is 4.51. The molecule has 0 spiro atoms. The number of amides is 3. The first-order valence-electron chi connectivity index (χ1n) is 8.07. The van der Waals surface area contributed by atoms with Crippen LogP contribution in [0.4, 0.5) is 9.18 Å². The van der Waals surface area contributed by atoms with Crippen molar-refractivity contribution in [3.63, 3.8) is 0 Å². The molecule has 0 aromatic heterocycles. The summed E-state index contributed by atoms with van der Waals surface area (Å²) < 4.78 is 18.5. The Bertz CT molecular complexity index is 857. The topological polar surface area (TPSA) is 78.9 Å². The van der Waals surface area contributed by atoms with E-state index in [9.17, 15) is 19.1 Å². The third kappa shape index (κ3) is 3.13. The first kappa shape index (κ1) is 17.9. The first-order valence-corrected chi connectivity index (χ1v) is 8.07. The predicted octanol–water partition coefficient (Wildman–Crippen LogP) is 2.33. The minimum absolute atomic E-state index is 0.270. The molecule has 6 nitrogen and oxygen atoms in total. The summed E-state index contributed by atoms with van der Waals surface area (Å²) in [5.41, 5.74) is -0.411. The second-order valence-electron chi connectivity index (χ2n) is 6.27. The molecule has 0 bridgehead atoms. The van der Waals surface area contributed by atoms with E-state index in [1.807, 2.05) is 0 Å². The van der Waals surface area contributed by atoms with Crippen LogP contribution in [0.1, 0.15) is 24.2 Å². The molecule has 3 rings (SSSR count). The Morgan fingerprint density at radius 2 is 1.96 bits per heavy atom. The number of β-amino-alcohol motifs (C(OH)–C–C–N with tert-alkyl or cyclic N) is 1. The number of carbonyl (C=O) groups is 2. The van der Waals surface area contributed by atoms with Crippen LogP contribution in [0.25, 0.3) is 0 Å². The summed E-state index contributed by atoms with van der Waals surface area (Å²) in [6.07, 6.45) is -1.19. The van der Waals surface area contributed by atoms with Gasteiger partial charge in [0.2, 0.25) is 0 Å². The minimum atomic E-state index is -1.27. The smallest absolute Gasteiger partial charge is 0.325 e. The van der Waals surface area contributed by atoms with Gasteiger partial charge in [0.1, 0.15) is 17.1 Å². The first-order chi connectivity index (χ1) is 12.3. The van der Waals surface area contributed by atoms with Gasteiger partial charge in [-0.1, -0.05) is 24.3 Å². The maximum absolute atomic E-state index is 13.3. The number of rotatable bonds is 5. The molecule has 136 valence electrons. The molecule has 2 atom stereocenters. The molecule has 2 aromatic rings. The fraction of sp³-hybridized carbons (Fsp3) is 0.263. The molecule has 2 N–H and O–H groups in total. The van der Waals surface area contributed by atoms with Gasteiger partial charge in [-0.2, -0.15) is 0 Å². The average Bonchev–Trinajstić information content (AvgIpc) is 2.86. The summed E-state index contributed by atoms with van der Waals surface area (Å²) in [4.78, 5) is 26.2. The zero-order valence-electron chi connectivity index (χ0n) is 14.4. The number of ether oxygens (including phenoxy) is 1. The normalized spacial score (nSPS) is 20.8. The van der Waals surface area contributed by atoms with E-state index in [1.54, 1.807) is 31.2 Å². The summed E-state index contributed by atoms with van der Waals surface area (Å²) in [7, 11) is 1.51. The average molecular weight is 358 g/mol. The van der Waals surface area contributed by atoms with E-state index in [2.05, 4.69) is 5.32 Å². The number of imide groups is 1. The van der Waals surface area contributed by atoms with Gasteiger partial charge < -0.3 is 15.2 Å². The summed E-state index contributed by atoms with van der Waals surface area (Å²) in [5, 5.41) is 13.0. The van der Waals surface area contributed by atoms with E-state index in [4.69, 9.17) is 4.74 Å². The van der Waals surface area contributed by atoms with Crippen molar-refractivity contribution in [2.75, 3.05) is 13.7 Å². The van der Waals surface area contributed by atoms with E-state index in [0.717, 1.165) is 4.90 Å². The number of carbonyl (C=O) groups excluding carboxylic acids is 2. The Morgan fingerprint density at radius 1 is 1.23 bits per heavy atom. The lowest BCUT2D eigenvalue weighted by atomic mass is 9.92. The van der Waals surface area contributed by atoms with Crippen LogP contribution >= 0.6 is 0 Å². The number of urea groups is 1. The van der Waals surface area contributed by atoms with Gasteiger partial charge in [0, 0.05) is 0 Å². The molecule has 1 saturated heterocycles. The molecular weight excluding hydrogens is 339 g/mol. The van der Waals surface area contributed by atoms with E-state index >= 15 is 0 Å². The van der Waals surface area contributed by atoms with Crippen molar-refractivity contribution in [3.8, 4) is 5.75 Å². The highest BCUT2D eigenvalue weighted by Gasteiger charge is 2.49. The van der Waals surface area contributed by atoms with Crippen molar-refractivity contribution in [2.45, 2.75) is 18.6 Å². The highest BCUT2D eigenvalue weighted by molar-refractivity contribution is 6.07. The number of aliphatic hydroxyl groups excluding tert-OH is 1. The van der Waals surface area contributed by atoms with Crippen LogP contribution in [0.5, 0.6) is 5.75 Å². The highest BCUT2D eigenvalue weighted by atomic mass is 19.1. The molecule has 3 amide bonds. The van der Waals surface area contributed by atoms with Gasteiger partial charge in [0.25, 0.3) is 5.91 Å². The van der Waals surface area contributed by atoms with Crippen molar-refractivity contribution in [1.29, 1.82) is 0 Å². The number of hydrogen-bond donors (Lipinski definition) is 2. The Morgan fingerprint density at radius 3 is 2.65 bits per heavy atom. The molecule has 2 aromatic carbocycles. The molecule has 1 heterocycles. The zero-order valence-corrected chi connectivity index (χ0v) is 14.4. The fourth-order valence-electron chi connectivity index (χ4n) is 2.98. The maximum Gasteiger partial charge on any atom is 0.325 e. The Balaban J connectivity index is 1.84. The number of halogens is 1. The van der Waals surface area contributed by atoms with Gasteiger partial charge in [-0.05, 0) is 42.3 Å². The van der Waals surface area contributed by atoms with E-state index in [1.165, 1.54) is 31.4 Å². The van der Waals surface area contributed by atoms with Crippen LogP contribution in [0.3, 0.4) is 0 Å². The molecule has 26 heavy (non-hydrogen) atoms. The number of aliphatic hydroxyl groups is 1. The molecule has 1 fully saturated rings. The lowest BCUT2D eigenvalue weighted by molar-refractivity contribution is -0.132. The standard InChI is InChI=1S/C19H19FN2O4/c1-19(13-6-4-8-15(10-13)26-2)17(24)22(18(25)21-19)11-16(23)12-5-3-7-14(20)9-12/h3-10,16,23H,11H2,1-2H3,(H,21,25). The van der Waals surface area contributed by atoms with Crippen molar-refractivity contribution in [1.82, 2.24) is 10.2 Å². The van der Waals surface area contributed by atoms with Crippen LogP contribution in [0, 0.1) is 5.82 Å². The Hall–Kier alpha value is -2.93. The van der Waals surface area contributed by atoms with Crippen LogP contribution in [-0.4, -0.2) is 35.6 Å². The van der Waals surface area contributed by atoms with Crippen LogP contribution in [0.15, 0.2) is 48.5 Å².